The van der Waals surface area contributed by atoms with E-state index in [4.69, 9.17) is 16.0 Å². The third-order valence-corrected chi connectivity index (χ3v) is 6.22. The van der Waals surface area contributed by atoms with Crippen LogP contribution in [0.25, 0.3) is 28.2 Å². The number of amides is 1. The van der Waals surface area contributed by atoms with Crippen LogP contribution in [0.15, 0.2) is 77.7 Å². The fourth-order valence-corrected chi connectivity index (χ4v) is 3.89. The summed E-state index contributed by atoms with van der Waals surface area (Å²) in [5, 5.41) is 10.8. The largest absolute Gasteiger partial charge is 0.436 e. The Morgan fingerprint density at radius 2 is 1.82 bits per heavy atom. The highest BCUT2D eigenvalue weighted by Crippen LogP contribution is 2.29. The van der Waals surface area contributed by atoms with Gasteiger partial charge < -0.3 is 9.73 Å². The second kappa shape index (κ2) is 9.11. The zero-order valence-electron chi connectivity index (χ0n) is 18.7. The van der Waals surface area contributed by atoms with Crippen molar-refractivity contribution in [3.05, 3.63) is 89.5 Å². The van der Waals surface area contributed by atoms with Crippen LogP contribution in [-0.4, -0.2) is 25.7 Å². The van der Waals surface area contributed by atoms with E-state index in [0.29, 0.717) is 28.1 Å². The van der Waals surface area contributed by atoms with E-state index < -0.39 is 0 Å². The van der Waals surface area contributed by atoms with Gasteiger partial charge in [-0.25, -0.2) is 4.98 Å². The van der Waals surface area contributed by atoms with Crippen molar-refractivity contribution in [1.29, 1.82) is 0 Å². The van der Waals surface area contributed by atoms with Gasteiger partial charge in [0.05, 0.1) is 10.6 Å². The molecule has 0 bridgehead atoms. The number of aromatic nitrogens is 4. The smallest absolute Gasteiger partial charge is 0.257 e. The molecule has 3 aromatic carbocycles. The quantitative estimate of drug-likeness (QED) is 0.305. The lowest BCUT2D eigenvalue weighted by Gasteiger charge is -2.09. The number of nitrogens with zero attached hydrogens (tertiary/aromatic N) is 4. The molecule has 0 saturated heterocycles. The van der Waals surface area contributed by atoms with Gasteiger partial charge in [-0.2, -0.15) is 0 Å². The minimum atomic E-state index is -0.313. The first-order valence-corrected chi connectivity index (χ1v) is 11.4. The molecule has 0 aliphatic heterocycles. The summed E-state index contributed by atoms with van der Waals surface area (Å²) in [5.74, 6) is 0.698. The Kier molecular flexibility index (Phi) is 5.86. The van der Waals surface area contributed by atoms with Crippen molar-refractivity contribution in [2.75, 3.05) is 5.32 Å². The number of halogens is 1. The number of nitrogens with one attached hydrogen (secondary N) is 1. The third kappa shape index (κ3) is 4.30. The lowest BCUT2D eigenvalue weighted by Crippen LogP contribution is -2.13. The maximum absolute atomic E-state index is 12.9. The Bertz CT molecular complexity index is 1460. The van der Waals surface area contributed by atoms with E-state index in [1.54, 1.807) is 35.4 Å². The molecular formula is C26H22ClN5O2. The van der Waals surface area contributed by atoms with Gasteiger partial charge in [-0.3, -0.25) is 9.36 Å². The minimum Gasteiger partial charge on any atom is -0.436 e. The Morgan fingerprint density at radius 3 is 2.56 bits per heavy atom. The molecule has 2 heterocycles. The SMILES string of the molecule is CC[C@H](C)c1ccc2oc(-c3ccc(NC(=O)c4cc(-n5cnnc5)ccc4Cl)cc3)nc2c1. The van der Waals surface area contributed by atoms with Crippen molar-refractivity contribution < 1.29 is 9.21 Å². The van der Waals surface area contributed by atoms with E-state index >= 15 is 0 Å². The molecule has 2 aromatic heterocycles. The average molecular weight is 472 g/mol. The lowest BCUT2D eigenvalue weighted by molar-refractivity contribution is 0.102. The monoisotopic (exact) mass is 471 g/mol. The average Bonchev–Trinajstić information content (AvgIpc) is 3.54. The molecule has 0 fully saturated rings. The van der Waals surface area contributed by atoms with Crippen molar-refractivity contribution in [3.8, 4) is 17.1 Å². The number of hydrogen-bond donors (Lipinski definition) is 1. The molecule has 1 atom stereocenters. The van der Waals surface area contributed by atoms with Crippen LogP contribution in [0.2, 0.25) is 5.02 Å². The molecule has 5 aromatic rings. The number of oxazole rings is 1. The van der Waals surface area contributed by atoms with Gasteiger partial charge in [-0.05, 0) is 72.5 Å². The molecule has 0 unspecified atom stereocenters. The predicted octanol–water partition coefficient (Wildman–Crippen LogP) is 6.49. The molecule has 7 nitrogen and oxygen atoms in total. The topological polar surface area (TPSA) is 85.8 Å². The van der Waals surface area contributed by atoms with Crippen LogP contribution in [0.5, 0.6) is 0 Å². The first-order chi connectivity index (χ1) is 16.5. The van der Waals surface area contributed by atoms with Crippen LogP contribution >= 0.6 is 11.6 Å². The molecule has 0 aliphatic carbocycles. The number of rotatable bonds is 6. The molecular weight excluding hydrogens is 450 g/mol. The number of benzene rings is 3. The normalized spacial score (nSPS) is 12.1. The number of carbonyl (C=O) groups is 1. The number of anilines is 1. The van der Waals surface area contributed by atoms with Crippen molar-refractivity contribution in [2.45, 2.75) is 26.2 Å². The highest BCUT2D eigenvalue weighted by atomic mass is 35.5. The Labute approximate surface area is 201 Å². The van der Waals surface area contributed by atoms with Gasteiger partial charge in [0.25, 0.3) is 5.91 Å². The van der Waals surface area contributed by atoms with Crippen LogP contribution in [0.1, 0.15) is 42.1 Å². The van der Waals surface area contributed by atoms with E-state index in [1.807, 2.05) is 30.3 Å². The zero-order chi connectivity index (χ0) is 23.7. The van der Waals surface area contributed by atoms with Gasteiger partial charge in [0.1, 0.15) is 18.2 Å². The molecule has 1 N–H and O–H groups in total. The molecule has 34 heavy (non-hydrogen) atoms. The van der Waals surface area contributed by atoms with E-state index in [2.05, 4.69) is 46.5 Å². The van der Waals surface area contributed by atoms with E-state index in [0.717, 1.165) is 28.8 Å². The van der Waals surface area contributed by atoms with Crippen LogP contribution in [0.4, 0.5) is 5.69 Å². The Hall–Kier alpha value is -3.97. The summed E-state index contributed by atoms with van der Waals surface area (Å²) in [6.07, 6.45) is 4.18. The second-order valence-corrected chi connectivity index (χ2v) is 8.53. The first kappa shape index (κ1) is 21.9. The third-order valence-electron chi connectivity index (χ3n) is 5.89. The van der Waals surface area contributed by atoms with E-state index in [-0.39, 0.29) is 5.91 Å². The highest BCUT2D eigenvalue weighted by molar-refractivity contribution is 6.34. The van der Waals surface area contributed by atoms with Gasteiger partial charge in [-0.15, -0.1) is 10.2 Å². The summed E-state index contributed by atoms with van der Waals surface area (Å²) in [6, 6.07) is 18.7. The summed E-state index contributed by atoms with van der Waals surface area (Å²) in [6.45, 7) is 4.37. The number of hydrogen-bond acceptors (Lipinski definition) is 5. The van der Waals surface area contributed by atoms with Gasteiger partial charge in [0.2, 0.25) is 5.89 Å². The van der Waals surface area contributed by atoms with Crippen molar-refractivity contribution in [2.24, 2.45) is 0 Å². The molecule has 8 heteroatoms. The van der Waals surface area contributed by atoms with E-state index in [9.17, 15) is 4.79 Å². The van der Waals surface area contributed by atoms with E-state index in [1.165, 1.54) is 5.56 Å². The van der Waals surface area contributed by atoms with Crippen molar-refractivity contribution in [1.82, 2.24) is 19.7 Å². The predicted molar refractivity (Wildman–Crippen MR) is 132 cm³/mol. The van der Waals surface area contributed by atoms with Gasteiger partial charge in [-0.1, -0.05) is 31.5 Å². The van der Waals surface area contributed by atoms with Crippen molar-refractivity contribution >= 4 is 34.3 Å². The molecule has 0 radical (unpaired) electrons. The maximum atomic E-state index is 12.9. The molecule has 5 rings (SSSR count). The zero-order valence-corrected chi connectivity index (χ0v) is 19.5. The van der Waals surface area contributed by atoms with Gasteiger partial charge in [0.15, 0.2) is 5.58 Å². The summed E-state index contributed by atoms with van der Waals surface area (Å²) in [5.41, 5.74) is 5.40. The fourth-order valence-electron chi connectivity index (χ4n) is 3.69. The lowest BCUT2D eigenvalue weighted by atomic mass is 9.98. The molecule has 170 valence electrons. The van der Waals surface area contributed by atoms with Crippen LogP contribution in [0.3, 0.4) is 0 Å². The summed E-state index contributed by atoms with van der Waals surface area (Å²) < 4.78 is 7.65. The Morgan fingerprint density at radius 1 is 1.06 bits per heavy atom. The summed E-state index contributed by atoms with van der Waals surface area (Å²) >= 11 is 6.28. The molecule has 0 saturated carbocycles. The minimum absolute atomic E-state index is 0.313. The first-order valence-electron chi connectivity index (χ1n) is 11.0. The number of carbonyl (C=O) groups excluding carboxylic acids is 1. The standard InChI is InChI=1S/C26H22ClN5O2/c1-3-16(2)18-6-11-24-23(12-18)31-26(34-24)17-4-7-19(8-5-17)30-25(33)21-13-20(9-10-22(21)27)32-14-28-29-15-32/h4-16H,3H2,1-2H3,(H,30,33)/t16-/m0/s1. The van der Waals surface area contributed by atoms with Gasteiger partial charge in [0, 0.05) is 16.9 Å². The molecule has 0 aliphatic rings. The summed E-state index contributed by atoms with van der Waals surface area (Å²) in [7, 11) is 0. The molecule has 1 amide bonds. The second-order valence-electron chi connectivity index (χ2n) is 8.12. The highest BCUT2D eigenvalue weighted by Gasteiger charge is 2.14. The summed E-state index contributed by atoms with van der Waals surface area (Å²) in [4.78, 5) is 17.5. The maximum Gasteiger partial charge on any atom is 0.257 e. The number of fused-ring (bicyclic) bond motifs is 1. The van der Waals surface area contributed by atoms with Crippen LogP contribution < -0.4 is 5.32 Å². The van der Waals surface area contributed by atoms with Crippen LogP contribution in [-0.2, 0) is 0 Å². The van der Waals surface area contributed by atoms with Gasteiger partial charge >= 0.3 is 0 Å². The van der Waals surface area contributed by atoms with Crippen molar-refractivity contribution in [3.63, 3.8) is 0 Å². The van der Waals surface area contributed by atoms with Crippen LogP contribution in [0, 0.1) is 0 Å². The molecule has 0 spiro atoms. The Balaban J connectivity index is 1.35. The fraction of sp³-hybridized carbons (Fsp3) is 0.154.